The van der Waals surface area contributed by atoms with Crippen LogP contribution in [-0.4, -0.2) is 14.1 Å². The van der Waals surface area contributed by atoms with E-state index in [4.69, 9.17) is 0 Å². The molecule has 0 N–H and O–H groups in total. The van der Waals surface area contributed by atoms with Crippen molar-refractivity contribution in [3.8, 4) is 50.8 Å². The molecule has 0 spiro atoms. The maximum Gasteiger partial charge on any atom is 0.416 e. The summed E-state index contributed by atoms with van der Waals surface area (Å²) < 4.78 is 173. The third-order valence-corrected chi connectivity index (χ3v) is 11.9. The second-order valence-electron chi connectivity index (χ2n) is 16.0. The quantitative estimate of drug-likeness (QED) is 0.161. The first-order valence-corrected chi connectivity index (χ1v) is 20.3. The molecule has 0 aliphatic heterocycles. The Morgan fingerprint density at radius 2 is 0.794 bits per heavy atom. The van der Waals surface area contributed by atoms with Crippen LogP contribution in [0.25, 0.3) is 88.4 Å². The van der Waals surface area contributed by atoms with Crippen LogP contribution in [0.2, 0.25) is 0 Å². The molecule has 0 bridgehead atoms. The molecular weight excluding hydrogens is 909 g/mol. The molecule has 10 rings (SSSR count). The number of alkyl halides is 12. The van der Waals surface area contributed by atoms with Crippen molar-refractivity contribution in [1.82, 2.24) is 14.1 Å². The fraction of sp³-hybridized carbons (Fsp3) is 0.0769. The van der Waals surface area contributed by atoms with E-state index in [1.54, 1.807) is 94.1 Å². The Kier molecular flexibility index (Phi) is 9.99. The predicted octanol–water partition coefficient (Wildman–Crippen LogP) is 16.2. The van der Waals surface area contributed by atoms with Crippen LogP contribution in [0.5, 0.6) is 0 Å². The van der Waals surface area contributed by atoms with Gasteiger partial charge in [0.1, 0.15) is 0 Å². The number of hydrogen-bond donors (Lipinski definition) is 0. The molecule has 7 aromatic carbocycles. The van der Waals surface area contributed by atoms with Gasteiger partial charge in [-0.2, -0.15) is 57.9 Å². The van der Waals surface area contributed by atoms with Crippen molar-refractivity contribution >= 4 is 43.6 Å². The largest absolute Gasteiger partial charge is 0.416 e. The number of rotatable bonds is 5. The van der Waals surface area contributed by atoms with Gasteiger partial charge in [0, 0.05) is 45.1 Å². The van der Waals surface area contributed by atoms with Gasteiger partial charge in [-0.3, -0.25) is 4.98 Å². The van der Waals surface area contributed by atoms with Crippen molar-refractivity contribution < 1.29 is 52.7 Å². The van der Waals surface area contributed by atoms with Gasteiger partial charge in [0.25, 0.3) is 0 Å². The number of hydrogen-bond acceptors (Lipinski definition) is 2. The van der Waals surface area contributed by atoms with E-state index in [0.29, 0.717) is 84.7 Å². The number of para-hydroxylation sites is 2. The Hall–Kier alpha value is -8.06. The molecule has 0 amide bonds. The van der Waals surface area contributed by atoms with E-state index in [1.807, 2.05) is 0 Å². The van der Waals surface area contributed by atoms with Crippen molar-refractivity contribution in [2.45, 2.75) is 24.7 Å². The molecule has 0 fully saturated rings. The molecule has 338 valence electrons. The monoisotopic (exact) mass is 934 g/mol. The van der Waals surface area contributed by atoms with E-state index in [9.17, 15) is 57.9 Å². The molecule has 0 aliphatic carbocycles. The van der Waals surface area contributed by atoms with Gasteiger partial charge in [0.15, 0.2) is 0 Å². The molecule has 16 heteroatoms. The summed E-state index contributed by atoms with van der Waals surface area (Å²) in [5.74, 6) is 0. The van der Waals surface area contributed by atoms with E-state index in [-0.39, 0.29) is 45.6 Å². The topological polar surface area (TPSA) is 46.5 Å². The fourth-order valence-electron chi connectivity index (χ4n) is 8.85. The number of nitrogens with zero attached hydrogens (tertiary/aromatic N) is 4. The Morgan fingerprint density at radius 1 is 0.382 bits per heavy atom. The van der Waals surface area contributed by atoms with Gasteiger partial charge >= 0.3 is 24.7 Å². The molecule has 3 aromatic heterocycles. The molecule has 3 heterocycles. The molecule has 0 saturated carbocycles. The second-order valence-corrected chi connectivity index (χ2v) is 16.0. The zero-order chi connectivity index (χ0) is 48.1. The SMILES string of the molecule is N#Cc1cc(-n2c3ccccc3c3ccc(-c4cc(C(F)(F)F)cc(C(F)(F)F)c4)cc32)c(-n2c3ccccc3c3ccc(-c4cc(C(F)(F)F)cc(C(F)(F)F)c4)cc32)cc1-c1cccnc1. The number of pyridine rings is 1. The average molecular weight is 935 g/mol. The zero-order valence-corrected chi connectivity index (χ0v) is 34.3. The van der Waals surface area contributed by atoms with Gasteiger partial charge < -0.3 is 9.13 Å². The lowest BCUT2D eigenvalue weighted by Crippen LogP contribution is -2.11. The molecule has 0 atom stereocenters. The maximum atomic E-state index is 14.1. The Bertz CT molecular complexity index is 3630. The van der Waals surface area contributed by atoms with Gasteiger partial charge in [-0.1, -0.05) is 66.7 Å². The number of nitriles is 1. The van der Waals surface area contributed by atoms with Gasteiger partial charge in [0.05, 0.1) is 67.3 Å². The number of halogens is 12. The highest BCUT2D eigenvalue weighted by Gasteiger charge is 2.39. The Labute approximate surface area is 376 Å². The van der Waals surface area contributed by atoms with Crippen molar-refractivity contribution in [2.75, 3.05) is 0 Å². The van der Waals surface area contributed by atoms with Crippen LogP contribution < -0.4 is 0 Å². The zero-order valence-electron chi connectivity index (χ0n) is 34.3. The van der Waals surface area contributed by atoms with E-state index >= 15 is 0 Å². The molecule has 68 heavy (non-hydrogen) atoms. The first kappa shape index (κ1) is 43.8. The van der Waals surface area contributed by atoms with Gasteiger partial charge in [0.2, 0.25) is 0 Å². The van der Waals surface area contributed by atoms with Gasteiger partial charge in [-0.15, -0.1) is 0 Å². The molecule has 0 radical (unpaired) electrons. The van der Waals surface area contributed by atoms with E-state index in [1.165, 1.54) is 36.7 Å². The van der Waals surface area contributed by atoms with Crippen LogP contribution in [0, 0.1) is 11.3 Å². The molecular formula is C52H26F12N4. The highest BCUT2D eigenvalue weighted by atomic mass is 19.4. The van der Waals surface area contributed by atoms with E-state index in [2.05, 4.69) is 11.1 Å². The number of fused-ring (bicyclic) bond motifs is 6. The summed E-state index contributed by atoms with van der Waals surface area (Å²) in [5.41, 5.74) is -3.58. The van der Waals surface area contributed by atoms with E-state index < -0.39 is 47.0 Å². The number of benzene rings is 7. The Balaban J connectivity index is 1.32. The van der Waals surface area contributed by atoms with Gasteiger partial charge in [-0.05, 0) is 101 Å². The Morgan fingerprint density at radius 3 is 1.19 bits per heavy atom. The molecule has 4 nitrogen and oxygen atoms in total. The minimum absolute atomic E-state index is 0.00153. The molecule has 10 aromatic rings. The third-order valence-electron chi connectivity index (χ3n) is 11.9. The van der Waals surface area contributed by atoms with Crippen molar-refractivity contribution in [1.29, 1.82) is 5.26 Å². The maximum absolute atomic E-state index is 14.1. The summed E-state index contributed by atoms with van der Waals surface area (Å²) in [6, 6.07) is 34.3. The minimum atomic E-state index is -5.13. The molecule has 0 saturated heterocycles. The lowest BCUT2D eigenvalue weighted by Gasteiger charge is -2.20. The predicted molar refractivity (Wildman–Crippen MR) is 234 cm³/mol. The van der Waals surface area contributed by atoms with Crippen LogP contribution in [0.1, 0.15) is 27.8 Å². The summed E-state index contributed by atoms with van der Waals surface area (Å²) >= 11 is 0. The molecule has 0 aliphatic rings. The highest BCUT2D eigenvalue weighted by molar-refractivity contribution is 6.13. The van der Waals surface area contributed by atoms with Crippen LogP contribution in [0.15, 0.2) is 158 Å². The van der Waals surface area contributed by atoms with Gasteiger partial charge in [-0.25, -0.2) is 0 Å². The molecule has 0 unspecified atom stereocenters. The summed E-state index contributed by atoms with van der Waals surface area (Å²) in [4.78, 5) is 4.24. The van der Waals surface area contributed by atoms with Crippen molar-refractivity contribution in [3.63, 3.8) is 0 Å². The second kappa shape index (κ2) is 15.5. The highest BCUT2D eigenvalue weighted by Crippen LogP contribution is 2.45. The van der Waals surface area contributed by atoms with Crippen molar-refractivity contribution in [2.24, 2.45) is 0 Å². The fourth-order valence-corrected chi connectivity index (χ4v) is 8.85. The average Bonchev–Trinajstić information content (AvgIpc) is 3.82. The number of aromatic nitrogens is 3. The third kappa shape index (κ3) is 7.53. The summed E-state index contributed by atoms with van der Waals surface area (Å²) in [5, 5.41) is 13.1. The van der Waals surface area contributed by atoms with Crippen molar-refractivity contribution in [3.05, 3.63) is 186 Å². The lowest BCUT2D eigenvalue weighted by molar-refractivity contribution is -0.144. The summed E-state index contributed by atoms with van der Waals surface area (Å²) in [6.07, 6.45) is -17.5. The summed E-state index contributed by atoms with van der Waals surface area (Å²) in [7, 11) is 0. The van der Waals surface area contributed by atoms with Crippen LogP contribution in [0.3, 0.4) is 0 Å². The van der Waals surface area contributed by atoms with Crippen LogP contribution in [-0.2, 0) is 24.7 Å². The van der Waals surface area contributed by atoms with E-state index in [0.717, 1.165) is 0 Å². The standard InChI is InChI=1S/C52H26F12N4/c53-49(54,55)34-16-31(17-35(23-34)50(56,57)58)28-11-13-40-38-7-1-3-9-43(38)67(45(40)20-28)47-22-33(26-65)42(30-6-5-15-66-27-30)25-48(47)68-44-10-4-2-8-39(44)41-14-12-29(21-46(41)68)32-18-36(51(59,60)61)24-37(19-32)52(62,63)64/h1-25,27H. The normalized spacial score (nSPS) is 12.7. The van der Waals surface area contributed by atoms with Crippen LogP contribution >= 0.6 is 0 Å². The smallest absolute Gasteiger partial charge is 0.307 e. The summed E-state index contributed by atoms with van der Waals surface area (Å²) in [6.45, 7) is 0. The first-order valence-electron chi connectivity index (χ1n) is 20.3. The lowest BCUT2D eigenvalue weighted by atomic mass is 9.97. The first-order chi connectivity index (χ1) is 32.2. The minimum Gasteiger partial charge on any atom is -0.307 e. The van der Waals surface area contributed by atoms with Crippen LogP contribution in [0.4, 0.5) is 52.7 Å².